The quantitative estimate of drug-likeness (QED) is 0.622. The van der Waals surface area contributed by atoms with Crippen molar-refractivity contribution in [2.75, 3.05) is 6.61 Å². The van der Waals surface area contributed by atoms with Crippen molar-refractivity contribution in [3.63, 3.8) is 0 Å². The first-order valence-electron chi connectivity index (χ1n) is 7.11. The summed E-state index contributed by atoms with van der Waals surface area (Å²) in [6.45, 7) is 5.11. The second-order valence-electron chi connectivity index (χ2n) is 4.91. The van der Waals surface area contributed by atoms with Crippen molar-refractivity contribution in [1.29, 1.82) is 0 Å². The lowest BCUT2D eigenvalue weighted by atomic mass is 10.2. The van der Waals surface area contributed by atoms with Crippen LogP contribution in [0.15, 0.2) is 27.9 Å². The fourth-order valence-corrected chi connectivity index (χ4v) is 3.73. The molecule has 0 N–H and O–H groups in total. The van der Waals surface area contributed by atoms with Crippen LogP contribution in [0, 0.1) is 0 Å². The summed E-state index contributed by atoms with van der Waals surface area (Å²) in [4.78, 5) is 16.0. The molecule has 6 nitrogen and oxygen atoms in total. The molecule has 0 amide bonds. The van der Waals surface area contributed by atoms with Gasteiger partial charge in [-0.1, -0.05) is 0 Å². The van der Waals surface area contributed by atoms with Gasteiger partial charge in [0.05, 0.1) is 19.0 Å². The van der Waals surface area contributed by atoms with Gasteiger partial charge in [0.15, 0.2) is 0 Å². The van der Waals surface area contributed by atoms with Crippen LogP contribution in [0.1, 0.15) is 43.1 Å². The lowest BCUT2D eigenvalue weighted by Gasteiger charge is -2.13. The van der Waals surface area contributed by atoms with Crippen molar-refractivity contribution in [3.05, 3.63) is 33.5 Å². The molecule has 0 saturated heterocycles. The molecule has 2 rings (SSSR count). The van der Waals surface area contributed by atoms with Crippen molar-refractivity contribution in [2.45, 2.75) is 39.3 Å². The Morgan fingerprint density at radius 2 is 2.23 bits per heavy atom. The zero-order valence-electron chi connectivity index (χ0n) is 12.5. The highest BCUT2D eigenvalue weighted by molar-refractivity contribution is 9.11. The third-order valence-corrected chi connectivity index (χ3v) is 4.62. The number of aromatic nitrogens is 4. The molecule has 0 fully saturated rings. The predicted molar refractivity (Wildman–Crippen MR) is 89.8 cm³/mol. The predicted octanol–water partition coefficient (Wildman–Crippen LogP) is 3.82. The van der Waals surface area contributed by atoms with E-state index in [1.165, 1.54) is 0 Å². The largest absolute Gasteiger partial charge is 0.462 e. The first kappa shape index (κ1) is 17.2. The molecule has 0 bridgehead atoms. The molecule has 2 heterocycles. The van der Waals surface area contributed by atoms with Gasteiger partial charge in [0.1, 0.15) is 14.8 Å². The Balaban J connectivity index is 2.01. The Labute approximate surface area is 146 Å². The van der Waals surface area contributed by atoms with Crippen LogP contribution in [0.25, 0.3) is 0 Å². The highest BCUT2D eigenvalue weighted by atomic mass is 79.9. The van der Waals surface area contributed by atoms with Crippen LogP contribution in [-0.2, 0) is 11.3 Å². The first-order chi connectivity index (χ1) is 10.5. The van der Waals surface area contributed by atoms with Gasteiger partial charge in [0.2, 0.25) is 0 Å². The number of hydrogen-bond acceptors (Lipinski definition) is 4. The molecule has 0 spiro atoms. The van der Waals surface area contributed by atoms with Gasteiger partial charge in [-0.2, -0.15) is 5.10 Å². The van der Waals surface area contributed by atoms with E-state index in [0.29, 0.717) is 21.4 Å². The van der Waals surface area contributed by atoms with Crippen LogP contribution in [0.5, 0.6) is 0 Å². The minimum absolute atomic E-state index is 0.164. The molecule has 2 aromatic heterocycles. The van der Waals surface area contributed by atoms with Gasteiger partial charge >= 0.3 is 5.97 Å². The highest BCUT2D eigenvalue weighted by Gasteiger charge is 2.24. The second-order valence-corrected chi connectivity index (χ2v) is 6.42. The van der Waals surface area contributed by atoms with E-state index in [1.54, 1.807) is 13.1 Å². The molecule has 2 aromatic rings. The molecule has 0 radical (unpaired) electrons. The summed E-state index contributed by atoms with van der Waals surface area (Å²) in [5.41, 5.74) is 0.434. The van der Waals surface area contributed by atoms with Crippen LogP contribution in [0.2, 0.25) is 0 Å². The number of aryl methyl sites for hydroxylation is 1. The Kier molecular flexibility index (Phi) is 6.19. The van der Waals surface area contributed by atoms with Crippen LogP contribution in [0.3, 0.4) is 0 Å². The van der Waals surface area contributed by atoms with E-state index in [2.05, 4.69) is 48.9 Å². The summed E-state index contributed by atoms with van der Waals surface area (Å²) >= 11 is 6.79. The molecule has 0 aromatic carbocycles. The van der Waals surface area contributed by atoms with Crippen LogP contribution < -0.4 is 0 Å². The summed E-state index contributed by atoms with van der Waals surface area (Å²) < 4.78 is 10.1. The summed E-state index contributed by atoms with van der Waals surface area (Å²) in [5.74, 6) is -0.377. The molecular weight excluding hydrogens is 416 g/mol. The molecule has 1 atom stereocenters. The van der Waals surface area contributed by atoms with Crippen LogP contribution in [0.4, 0.5) is 0 Å². The number of carbonyl (C=O) groups is 1. The molecule has 120 valence electrons. The van der Waals surface area contributed by atoms with Gasteiger partial charge in [-0.3, -0.25) is 4.68 Å². The molecule has 0 aliphatic rings. The molecule has 0 saturated carbocycles. The maximum Gasteiger partial charge on any atom is 0.343 e. The van der Waals surface area contributed by atoms with E-state index in [0.717, 1.165) is 19.4 Å². The first-order valence-corrected chi connectivity index (χ1v) is 8.69. The summed E-state index contributed by atoms with van der Waals surface area (Å²) in [6.07, 6.45) is 7.47. The Bertz CT molecular complexity index is 625. The smallest absolute Gasteiger partial charge is 0.343 e. The van der Waals surface area contributed by atoms with Crippen molar-refractivity contribution < 1.29 is 9.53 Å². The summed E-state index contributed by atoms with van der Waals surface area (Å²) in [6, 6.07) is 0.164. The lowest BCUT2D eigenvalue weighted by Crippen LogP contribution is -2.10. The number of nitrogens with zero attached hydrogens (tertiary/aromatic N) is 4. The Morgan fingerprint density at radius 3 is 2.86 bits per heavy atom. The molecule has 22 heavy (non-hydrogen) atoms. The number of imidazole rings is 1. The number of rotatable bonds is 7. The van der Waals surface area contributed by atoms with Gasteiger partial charge in [-0.25, -0.2) is 9.78 Å². The number of carbonyl (C=O) groups excluding carboxylic acids is 1. The number of halogens is 2. The third-order valence-electron chi connectivity index (χ3n) is 3.30. The molecular formula is C14H18Br2N4O2. The maximum absolute atomic E-state index is 11.9. The second kappa shape index (κ2) is 7.92. The number of hydrogen-bond donors (Lipinski definition) is 0. The molecule has 1 unspecified atom stereocenters. The van der Waals surface area contributed by atoms with E-state index in [1.807, 2.05) is 21.8 Å². The number of ether oxygens (including phenoxy) is 1. The van der Waals surface area contributed by atoms with Crippen molar-refractivity contribution in [3.8, 4) is 0 Å². The van der Waals surface area contributed by atoms with Crippen LogP contribution in [-0.4, -0.2) is 31.9 Å². The Hall–Kier alpha value is -1.15. The zero-order valence-corrected chi connectivity index (χ0v) is 15.7. The van der Waals surface area contributed by atoms with E-state index in [4.69, 9.17) is 4.74 Å². The molecule has 0 aliphatic heterocycles. The summed E-state index contributed by atoms with van der Waals surface area (Å²) in [7, 11) is 0. The highest BCUT2D eigenvalue weighted by Crippen LogP contribution is 2.29. The fourth-order valence-electron chi connectivity index (χ4n) is 2.16. The fraction of sp³-hybridized carbons (Fsp3) is 0.500. The molecule has 8 heteroatoms. The molecule has 0 aliphatic carbocycles. The van der Waals surface area contributed by atoms with Crippen molar-refractivity contribution in [2.24, 2.45) is 0 Å². The van der Waals surface area contributed by atoms with E-state index >= 15 is 0 Å². The van der Waals surface area contributed by atoms with Gasteiger partial charge < -0.3 is 9.30 Å². The average Bonchev–Trinajstić information content (AvgIpc) is 3.07. The van der Waals surface area contributed by atoms with E-state index in [-0.39, 0.29) is 12.0 Å². The van der Waals surface area contributed by atoms with E-state index in [9.17, 15) is 4.79 Å². The van der Waals surface area contributed by atoms with Gasteiger partial charge in [0.25, 0.3) is 0 Å². The monoisotopic (exact) mass is 432 g/mol. The maximum atomic E-state index is 11.9. The number of esters is 1. The Morgan fingerprint density at radius 1 is 1.45 bits per heavy atom. The SMILES string of the molecule is CCOC(=O)c1c(Br)nn(C(C)CCCn2ccnc2)c1Br. The minimum Gasteiger partial charge on any atom is -0.462 e. The van der Waals surface area contributed by atoms with Crippen LogP contribution >= 0.6 is 31.9 Å². The summed E-state index contributed by atoms with van der Waals surface area (Å²) in [5, 5.41) is 4.40. The van der Waals surface area contributed by atoms with Gasteiger partial charge in [0, 0.05) is 18.9 Å². The zero-order chi connectivity index (χ0) is 16.1. The minimum atomic E-state index is -0.377. The normalized spacial score (nSPS) is 12.4. The van der Waals surface area contributed by atoms with Crippen molar-refractivity contribution >= 4 is 37.8 Å². The van der Waals surface area contributed by atoms with Crippen molar-refractivity contribution in [1.82, 2.24) is 19.3 Å². The average molecular weight is 434 g/mol. The lowest BCUT2D eigenvalue weighted by molar-refractivity contribution is 0.0524. The standard InChI is InChI=1S/C14H18Br2N4O2/c1-3-22-14(21)11-12(15)18-20(13(11)16)10(2)5-4-7-19-8-6-17-9-19/h6,8-10H,3-5,7H2,1-2H3. The third kappa shape index (κ3) is 3.98. The van der Waals surface area contributed by atoms with Gasteiger partial charge in [-0.15, -0.1) is 0 Å². The van der Waals surface area contributed by atoms with Gasteiger partial charge in [-0.05, 0) is 58.5 Å². The topological polar surface area (TPSA) is 61.9 Å². The van der Waals surface area contributed by atoms with E-state index < -0.39 is 0 Å².